The average Bonchev–Trinajstić information content (AvgIpc) is 2.74. The van der Waals surface area contributed by atoms with Gasteiger partial charge in [-0.25, -0.2) is 4.39 Å². The van der Waals surface area contributed by atoms with Crippen molar-refractivity contribution in [1.29, 1.82) is 0 Å². The summed E-state index contributed by atoms with van der Waals surface area (Å²) in [5, 5.41) is 4.02. The van der Waals surface area contributed by atoms with Gasteiger partial charge in [0.25, 0.3) is 0 Å². The number of nitrogens with one attached hydrogen (secondary N) is 1. The summed E-state index contributed by atoms with van der Waals surface area (Å²) in [6, 6.07) is 10.5. The number of benzene rings is 1. The van der Waals surface area contributed by atoms with E-state index < -0.39 is 0 Å². The number of ether oxygens (including phenoxy) is 1. The normalized spacial score (nSPS) is 14.6. The Balaban J connectivity index is 1.54. The van der Waals surface area contributed by atoms with Gasteiger partial charge in [-0.3, -0.25) is 9.88 Å². The molecule has 5 nitrogen and oxygen atoms in total. The Hall–Kier alpha value is -2.09. The molecule has 3 rings (SSSR count). The van der Waals surface area contributed by atoms with E-state index in [1.165, 1.54) is 17.7 Å². The van der Waals surface area contributed by atoms with Crippen LogP contribution in [0.4, 0.5) is 4.39 Å². The van der Waals surface area contributed by atoms with Crippen molar-refractivity contribution in [2.45, 2.75) is 19.5 Å². The maximum absolute atomic E-state index is 13.1. The number of morpholine rings is 1. The quantitative estimate of drug-likeness (QED) is 0.685. The lowest BCUT2D eigenvalue weighted by Crippen LogP contribution is -2.42. The third-order valence-electron chi connectivity index (χ3n) is 4.77. The Labute approximate surface area is 171 Å². The highest BCUT2D eigenvalue weighted by atomic mass is 32.1. The van der Waals surface area contributed by atoms with Gasteiger partial charge in [0.05, 0.1) is 13.2 Å². The summed E-state index contributed by atoms with van der Waals surface area (Å²) in [5.74, 6) is -0.228. The first-order chi connectivity index (χ1) is 13.7. The van der Waals surface area contributed by atoms with Crippen molar-refractivity contribution in [1.82, 2.24) is 20.1 Å². The molecular weight excluding hydrogens is 375 g/mol. The predicted octanol–water partition coefficient (Wildman–Crippen LogP) is 2.82. The van der Waals surface area contributed by atoms with Crippen LogP contribution in [0, 0.1) is 5.82 Å². The molecule has 0 atom stereocenters. The molecule has 28 heavy (non-hydrogen) atoms. The lowest BCUT2D eigenvalue weighted by molar-refractivity contribution is 0.0367. The predicted molar refractivity (Wildman–Crippen MR) is 112 cm³/mol. The molecule has 1 aliphatic heterocycles. The van der Waals surface area contributed by atoms with Crippen molar-refractivity contribution in [2.24, 2.45) is 0 Å². The molecule has 1 N–H and O–H groups in total. The molecule has 0 aliphatic carbocycles. The number of thiocarbonyl (C=S) groups is 1. The number of rotatable bonds is 8. The second-order valence-electron chi connectivity index (χ2n) is 6.87. The van der Waals surface area contributed by atoms with Crippen LogP contribution in [0.2, 0.25) is 0 Å². The molecule has 0 unspecified atom stereocenters. The molecule has 0 amide bonds. The van der Waals surface area contributed by atoms with Crippen molar-refractivity contribution in [3.8, 4) is 0 Å². The zero-order valence-electron chi connectivity index (χ0n) is 16.0. The first-order valence-electron chi connectivity index (χ1n) is 9.67. The fourth-order valence-electron chi connectivity index (χ4n) is 3.16. The van der Waals surface area contributed by atoms with Gasteiger partial charge in [0.1, 0.15) is 5.82 Å². The number of hydrogen-bond acceptors (Lipinski definition) is 4. The molecule has 7 heteroatoms. The third kappa shape index (κ3) is 6.82. The van der Waals surface area contributed by atoms with E-state index in [0.717, 1.165) is 57.9 Å². The van der Waals surface area contributed by atoms with Gasteiger partial charge in [0.15, 0.2) is 5.11 Å². The third-order valence-corrected chi connectivity index (χ3v) is 5.18. The topological polar surface area (TPSA) is 40.6 Å². The average molecular weight is 403 g/mol. The molecule has 1 fully saturated rings. The van der Waals surface area contributed by atoms with Gasteiger partial charge in [0.2, 0.25) is 0 Å². The molecule has 1 saturated heterocycles. The Morgan fingerprint density at radius 2 is 1.82 bits per heavy atom. The fraction of sp³-hybridized carbons (Fsp3) is 0.429. The zero-order valence-corrected chi connectivity index (χ0v) is 16.8. The van der Waals surface area contributed by atoms with Crippen LogP contribution in [0.15, 0.2) is 48.8 Å². The fourth-order valence-corrected chi connectivity index (χ4v) is 3.39. The summed E-state index contributed by atoms with van der Waals surface area (Å²) < 4.78 is 18.5. The lowest BCUT2D eigenvalue weighted by atomic mass is 10.2. The highest BCUT2D eigenvalue weighted by Crippen LogP contribution is 2.08. The smallest absolute Gasteiger partial charge is 0.169 e. The Kier molecular flexibility index (Phi) is 8.14. The zero-order chi connectivity index (χ0) is 19.6. The second-order valence-corrected chi connectivity index (χ2v) is 7.26. The van der Waals surface area contributed by atoms with Crippen LogP contribution in [0.3, 0.4) is 0 Å². The van der Waals surface area contributed by atoms with Crippen LogP contribution < -0.4 is 5.32 Å². The van der Waals surface area contributed by atoms with Gasteiger partial charge in [-0.05, 0) is 54.0 Å². The van der Waals surface area contributed by atoms with Crippen LogP contribution in [0.1, 0.15) is 17.5 Å². The molecular formula is C21H27FN4OS. The standard InChI is InChI=1S/C21H27FN4OS/c22-20-4-2-18(3-5-20)16-24-21(28)26(17-19-6-8-23-9-7-19)11-1-10-25-12-14-27-15-13-25/h2-9H,1,10-17H2,(H,24,28). The second kappa shape index (κ2) is 11.0. The van der Waals surface area contributed by atoms with Crippen molar-refractivity contribution in [2.75, 3.05) is 39.4 Å². The number of halogens is 1. The molecule has 0 saturated carbocycles. The number of pyridine rings is 1. The van der Waals surface area contributed by atoms with E-state index in [9.17, 15) is 4.39 Å². The number of hydrogen-bond donors (Lipinski definition) is 1. The molecule has 150 valence electrons. The number of aromatic nitrogens is 1. The van der Waals surface area contributed by atoms with Crippen LogP contribution in [-0.4, -0.2) is 59.3 Å². The van der Waals surface area contributed by atoms with Gasteiger partial charge in [-0.15, -0.1) is 0 Å². The van der Waals surface area contributed by atoms with Crippen LogP contribution in [0.25, 0.3) is 0 Å². The van der Waals surface area contributed by atoms with E-state index in [0.29, 0.717) is 11.7 Å². The molecule has 1 aliphatic rings. The van der Waals surface area contributed by atoms with Gasteiger partial charge in [-0.2, -0.15) is 0 Å². The molecule has 1 aromatic carbocycles. The van der Waals surface area contributed by atoms with E-state index in [-0.39, 0.29) is 5.82 Å². The largest absolute Gasteiger partial charge is 0.379 e. The first-order valence-corrected chi connectivity index (χ1v) is 10.1. The minimum absolute atomic E-state index is 0.228. The summed E-state index contributed by atoms with van der Waals surface area (Å²) in [6.07, 6.45) is 4.63. The molecule has 2 aromatic rings. The summed E-state index contributed by atoms with van der Waals surface area (Å²) in [7, 11) is 0. The van der Waals surface area contributed by atoms with Crippen LogP contribution >= 0.6 is 12.2 Å². The Bertz CT molecular complexity index is 723. The summed E-state index contributed by atoms with van der Waals surface area (Å²) in [4.78, 5) is 8.71. The molecule has 0 radical (unpaired) electrons. The molecule has 0 bridgehead atoms. The van der Waals surface area contributed by atoms with E-state index in [2.05, 4.69) is 20.1 Å². The van der Waals surface area contributed by atoms with E-state index in [4.69, 9.17) is 17.0 Å². The molecule has 1 aromatic heterocycles. The Morgan fingerprint density at radius 3 is 2.54 bits per heavy atom. The Morgan fingerprint density at radius 1 is 1.11 bits per heavy atom. The molecule has 2 heterocycles. The van der Waals surface area contributed by atoms with Crippen molar-refractivity contribution in [3.63, 3.8) is 0 Å². The maximum atomic E-state index is 13.1. The van der Waals surface area contributed by atoms with Gasteiger partial charge >= 0.3 is 0 Å². The molecule has 0 spiro atoms. The lowest BCUT2D eigenvalue weighted by Gasteiger charge is -2.29. The van der Waals surface area contributed by atoms with Crippen molar-refractivity contribution < 1.29 is 9.13 Å². The minimum atomic E-state index is -0.228. The van der Waals surface area contributed by atoms with Crippen LogP contribution in [-0.2, 0) is 17.8 Å². The highest BCUT2D eigenvalue weighted by Gasteiger charge is 2.13. The van der Waals surface area contributed by atoms with E-state index >= 15 is 0 Å². The van der Waals surface area contributed by atoms with E-state index in [1.807, 2.05) is 12.1 Å². The maximum Gasteiger partial charge on any atom is 0.169 e. The van der Waals surface area contributed by atoms with Crippen molar-refractivity contribution in [3.05, 3.63) is 65.7 Å². The minimum Gasteiger partial charge on any atom is -0.379 e. The van der Waals surface area contributed by atoms with Crippen molar-refractivity contribution >= 4 is 17.3 Å². The first kappa shape index (κ1) is 20.6. The van der Waals surface area contributed by atoms with Crippen LogP contribution in [0.5, 0.6) is 0 Å². The van der Waals surface area contributed by atoms with Gasteiger partial charge < -0.3 is 15.0 Å². The number of nitrogens with zero attached hydrogens (tertiary/aromatic N) is 3. The highest BCUT2D eigenvalue weighted by molar-refractivity contribution is 7.80. The van der Waals surface area contributed by atoms with Gasteiger partial charge in [-0.1, -0.05) is 12.1 Å². The summed E-state index contributed by atoms with van der Waals surface area (Å²) in [5.41, 5.74) is 2.17. The monoisotopic (exact) mass is 402 g/mol. The van der Waals surface area contributed by atoms with E-state index in [1.54, 1.807) is 24.5 Å². The SMILES string of the molecule is Fc1ccc(CNC(=S)N(CCCN2CCOCC2)Cc2ccncc2)cc1. The van der Waals surface area contributed by atoms with Gasteiger partial charge in [0, 0.05) is 51.7 Å². The summed E-state index contributed by atoms with van der Waals surface area (Å²) >= 11 is 5.66. The summed E-state index contributed by atoms with van der Waals surface area (Å²) in [6.45, 7) is 6.86.